The second-order valence-electron chi connectivity index (χ2n) is 3.49. The van der Waals surface area contributed by atoms with Crippen LogP contribution >= 0.6 is 34.8 Å². The summed E-state index contributed by atoms with van der Waals surface area (Å²) in [6, 6.07) is 1.30. The Bertz CT molecular complexity index is 409. The molecule has 2 N–H and O–H groups in total. The van der Waals surface area contributed by atoms with E-state index in [1.54, 1.807) is 0 Å². The number of hydrogen-bond acceptors (Lipinski definition) is 2. The molecule has 0 fully saturated rings. The Labute approximate surface area is 115 Å². The van der Waals surface area contributed by atoms with Gasteiger partial charge in [0.1, 0.15) is 11.3 Å². The van der Waals surface area contributed by atoms with Gasteiger partial charge in [0.05, 0.1) is 15.1 Å². The van der Waals surface area contributed by atoms with Gasteiger partial charge in [0, 0.05) is 6.54 Å². The molecule has 0 atom stereocenters. The SMILES string of the molecule is CCCCNC(=O)c1c(O)c(Cl)cc(Cl)c1Cl. The largest absolute Gasteiger partial charge is 0.505 e. The number of rotatable bonds is 4. The van der Waals surface area contributed by atoms with Gasteiger partial charge in [0.25, 0.3) is 5.91 Å². The summed E-state index contributed by atoms with van der Waals surface area (Å²) in [5.41, 5.74) is -0.0831. The fourth-order valence-electron chi connectivity index (χ4n) is 1.26. The maximum absolute atomic E-state index is 11.8. The van der Waals surface area contributed by atoms with Crippen molar-refractivity contribution in [3.05, 3.63) is 26.7 Å². The average Bonchev–Trinajstić information content (AvgIpc) is 2.27. The van der Waals surface area contributed by atoms with Crippen LogP contribution in [0.5, 0.6) is 5.75 Å². The normalized spacial score (nSPS) is 10.4. The van der Waals surface area contributed by atoms with Crippen LogP contribution in [0.15, 0.2) is 6.07 Å². The number of amides is 1. The number of phenolic OH excluding ortho intramolecular Hbond substituents is 1. The van der Waals surface area contributed by atoms with Crippen LogP contribution in [0.2, 0.25) is 15.1 Å². The second kappa shape index (κ2) is 6.34. The lowest BCUT2D eigenvalue weighted by atomic mass is 10.2. The summed E-state index contributed by atoms with van der Waals surface area (Å²) in [5.74, 6) is -0.833. The van der Waals surface area contributed by atoms with Gasteiger partial charge in [-0.15, -0.1) is 0 Å². The first-order chi connectivity index (χ1) is 7.99. The molecule has 3 nitrogen and oxygen atoms in total. The average molecular weight is 297 g/mol. The number of carbonyl (C=O) groups is 1. The minimum atomic E-state index is -0.481. The predicted molar refractivity (Wildman–Crippen MR) is 70.4 cm³/mol. The summed E-state index contributed by atoms with van der Waals surface area (Å²) in [4.78, 5) is 11.8. The van der Waals surface area contributed by atoms with E-state index in [9.17, 15) is 9.90 Å². The molecule has 0 bridgehead atoms. The molecule has 17 heavy (non-hydrogen) atoms. The topological polar surface area (TPSA) is 49.3 Å². The van der Waals surface area contributed by atoms with E-state index in [4.69, 9.17) is 34.8 Å². The highest BCUT2D eigenvalue weighted by atomic mass is 35.5. The van der Waals surface area contributed by atoms with Crippen molar-refractivity contribution in [3.8, 4) is 5.75 Å². The number of nitrogens with one attached hydrogen (secondary N) is 1. The molecule has 94 valence electrons. The first-order valence-corrected chi connectivity index (χ1v) is 6.27. The lowest BCUT2D eigenvalue weighted by Crippen LogP contribution is -2.24. The highest BCUT2D eigenvalue weighted by Gasteiger charge is 2.20. The van der Waals surface area contributed by atoms with E-state index < -0.39 is 5.91 Å². The van der Waals surface area contributed by atoms with Crippen molar-refractivity contribution in [1.82, 2.24) is 5.32 Å². The third-order valence-corrected chi connectivity index (χ3v) is 3.26. The van der Waals surface area contributed by atoms with Crippen molar-refractivity contribution in [3.63, 3.8) is 0 Å². The molecule has 0 saturated carbocycles. The fourth-order valence-corrected chi connectivity index (χ4v) is 1.95. The predicted octanol–water partition coefficient (Wildman–Crippen LogP) is 3.88. The Kier molecular flexibility index (Phi) is 5.37. The van der Waals surface area contributed by atoms with Crippen molar-refractivity contribution in [2.45, 2.75) is 19.8 Å². The summed E-state index contributed by atoms with van der Waals surface area (Å²) >= 11 is 17.4. The van der Waals surface area contributed by atoms with Crippen molar-refractivity contribution in [1.29, 1.82) is 0 Å². The molecule has 1 rings (SSSR count). The Balaban J connectivity index is 3.00. The molecule has 0 heterocycles. The van der Waals surface area contributed by atoms with Crippen LogP contribution in [0.3, 0.4) is 0 Å². The third kappa shape index (κ3) is 3.41. The molecule has 0 aliphatic heterocycles. The molecule has 0 aliphatic rings. The standard InChI is InChI=1S/C11H12Cl3NO2/c1-2-3-4-15-11(17)8-9(14)6(12)5-7(13)10(8)16/h5,16H,2-4H2,1H3,(H,15,17). The number of phenols is 1. The van der Waals surface area contributed by atoms with Crippen molar-refractivity contribution >= 4 is 40.7 Å². The van der Waals surface area contributed by atoms with Crippen molar-refractivity contribution in [2.24, 2.45) is 0 Å². The van der Waals surface area contributed by atoms with Crippen molar-refractivity contribution < 1.29 is 9.90 Å². The lowest BCUT2D eigenvalue weighted by Gasteiger charge is -2.10. The molecular formula is C11H12Cl3NO2. The zero-order valence-corrected chi connectivity index (χ0v) is 11.5. The number of carbonyl (C=O) groups excluding carboxylic acids is 1. The monoisotopic (exact) mass is 295 g/mol. The summed E-state index contributed by atoms with van der Waals surface area (Å²) in [5, 5.41) is 12.5. The molecule has 0 spiro atoms. The zero-order chi connectivity index (χ0) is 13.0. The van der Waals surface area contributed by atoms with Gasteiger partial charge >= 0.3 is 0 Å². The van der Waals surface area contributed by atoms with Crippen LogP contribution < -0.4 is 5.32 Å². The lowest BCUT2D eigenvalue weighted by molar-refractivity contribution is 0.0950. The van der Waals surface area contributed by atoms with Gasteiger partial charge in [0.15, 0.2) is 0 Å². The summed E-state index contributed by atoms with van der Waals surface area (Å²) in [6.07, 6.45) is 1.80. The quantitative estimate of drug-likeness (QED) is 0.654. The maximum atomic E-state index is 11.8. The number of unbranched alkanes of at least 4 members (excludes halogenated alkanes) is 1. The number of benzene rings is 1. The highest BCUT2D eigenvalue weighted by Crippen LogP contribution is 2.38. The summed E-state index contributed by atoms with van der Waals surface area (Å²) in [7, 11) is 0. The Morgan fingerprint density at radius 1 is 1.35 bits per heavy atom. The van der Waals surface area contributed by atoms with Crippen LogP contribution in [-0.2, 0) is 0 Å². The Morgan fingerprint density at radius 3 is 2.59 bits per heavy atom. The maximum Gasteiger partial charge on any atom is 0.256 e. The smallest absolute Gasteiger partial charge is 0.256 e. The van der Waals surface area contributed by atoms with E-state index in [2.05, 4.69) is 5.32 Å². The van der Waals surface area contributed by atoms with Crippen molar-refractivity contribution in [2.75, 3.05) is 6.54 Å². The van der Waals surface area contributed by atoms with Gasteiger partial charge in [0.2, 0.25) is 0 Å². The molecular weight excluding hydrogens is 284 g/mol. The van der Waals surface area contributed by atoms with Gasteiger partial charge in [-0.2, -0.15) is 0 Å². The minimum absolute atomic E-state index is 0.0000384. The number of hydrogen-bond donors (Lipinski definition) is 2. The molecule has 1 amide bonds. The van der Waals surface area contributed by atoms with Gasteiger partial charge in [-0.05, 0) is 12.5 Å². The number of halogens is 3. The first kappa shape index (κ1) is 14.4. The van der Waals surface area contributed by atoms with E-state index in [0.717, 1.165) is 12.8 Å². The van der Waals surface area contributed by atoms with E-state index in [1.807, 2.05) is 6.92 Å². The van der Waals surface area contributed by atoms with Crippen LogP contribution in [0.25, 0.3) is 0 Å². The van der Waals surface area contributed by atoms with Gasteiger partial charge < -0.3 is 10.4 Å². The molecule has 1 aromatic carbocycles. The van der Waals surface area contributed by atoms with Crippen LogP contribution in [0, 0.1) is 0 Å². The van der Waals surface area contributed by atoms with Gasteiger partial charge in [-0.25, -0.2) is 0 Å². The summed E-state index contributed by atoms with van der Waals surface area (Å²) < 4.78 is 0. The molecule has 0 aliphatic carbocycles. The van der Waals surface area contributed by atoms with Crippen LogP contribution in [0.4, 0.5) is 0 Å². The molecule has 0 radical (unpaired) electrons. The Morgan fingerprint density at radius 2 is 2.00 bits per heavy atom. The van der Waals surface area contributed by atoms with E-state index >= 15 is 0 Å². The minimum Gasteiger partial charge on any atom is -0.505 e. The molecule has 0 aromatic heterocycles. The zero-order valence-electron chi connectivity index (χ0n) is 9.19. The van der Waals surface area contributed by atoms with E-state index in [-0.39, 0.29) is 26.4 Å². The molecule has 0 unspecified atom stereocenters. The van der Waals surface area contributed by atoms with E-state index in [0.29, 0.717) is 6.54 Å². The second-order valence-corrected chi connectivity index (χ2v) is 4.68. The Hall–Kier alpha value is -0.640. The number of aromatic hydroxyl groups is 1. The molecule has 1 aromatic rings. The van der Waals surface area contributed by atoms with Gasteiger partial charge in [-0.3, -0.25) is 4.79 Å². The van der Waals surface area contributed by atoms with Crippen LogP contribution in [0.1, 0.15) is 30.1 Å². The highest BCUT2D eigenvalue weighted by molar-refractivity contribution is 6.45. The van der Waals surface area contributed by atoms with Crippen LogP contribution in [-0.4, -0.2) is 17.6 Å². The fraction of sp³-hybridized carbons (Fsp3) is 0.364. The third-order valence-electron chi connectivity index (χ3n) is 2.19. The van der Waals surface area contributed by atoms with E-state index in [1.165, 1.54) is 6.07 Å². The summed E-state index contributed by atoms with van der Waals surface area (Å²) in [6.45, 7) is 2.52. The first-order valence-electron chi connectivity index (χ1n) is 5.13. The molecule has 6 heteroatoms. The van der Waals surface area contributed by atoms with Gasteiger partial charge in [-0.1, -0.05) is 48.1 Å². The molecule has 0 saturated heterocycles.